The minimum absolute atomic E-state index is 0.0624. The molecule has 0 atom stereocenters. The maximum absolute atomic E-state index is 11.6. The van der Waals surface area contributed by atoms with Crippen LogP contribution >= 0.6 is 0 Å². The molecule has 1 rings (SSSR count). The lowest BCUT2D eigenvalue weighted by molar-refractivity contribution is 0.0635. The van der Waals surface area contributed by atoms with Crippen molar-refractivity contribution in [2.24, 2.45) is 11.5 Å². The second kappa shape index (κ2) is 5.60. The molecule has 1 aromatic rings. The highest BCUT2D eigenvalue weighted by atomic mass is 16.6. The highest BCUT2D eigenvalue weighted by Gasteiger charge is 2.17. The number of ether oxygens (including phenoxy) is 1. The number of anilines is 1. The van der Waals surface area contributed by atoms with Gasteiger partial charge in [0.25, 0.3) is 0 Å². The van der Waals surface area contributed by atoms with Crippen LogP contribution in [0.15, 0.2) is 18.2 Å². The van der Waals surface area contributed by atoms with Gasteiger partial charge >= 0.3 is 6.09 Å². The maximum Gasteiger partial charge on any atom is 0.412 e. The first-order valence-corrected chi connectivity index (χ1v) is 5.83. The second-order valence-corrected chi connectivity index (χ2v) is 5.15. The van der Waals surface area contributed by atoms with E-state index in [1.165, 1.54) is 18.2 Å². The van der Waals surface area contributed by atoms with Crippen molar-refractivity contribution in [3.63, 3.8) is 0 Å². The molecule has 108 valence electrons. The summed E-state index contributed by atoms with van der Waals surface area (Å²) in [7, 11) is 0. The van der Waals surface area contributed by atoms with Crippen molar-refractivity contribution >= 4 is 23.6 Å². The van der Waals surface area contributed by atoms with Crippen LogP contribution in [-0.2, 0) is 4.74 Å². The smallest absolute Gasteiger partial charge is 0.412 e. The van der Waals surface area contributed by atoms with Crippen LogP contribution in [0.4, 0.5) is 10.5 Å². The van der Waals surface area contributed by atoms with Gasteiger partial charge in [-0.25, -0.2) is 4.79 Å². The molecular formula is C13H17N3O4. The van der Waals surface area contributed by atoms with Gasteiger partial charge in [-0.05, 0) is 39.0 Å². The Bertz CT molecular complexity index is 529. The Morgan fingerprint density at radius 3 is 1.80 bits per heavy atom. The van der Waals surface area contributed by atoms with Crippen molar-refractivity contribution in [3.8, 4) is 0 Å². The van der Waals surface area contributed by atoms with Gasteiger partial charge < -0.3 is 16.2 Å². The zero-order valence-electron chi connectivity index (χ0n) is 11.5. The number of nitrogens with one attached hydrogen (secondary N) is 1. The number of benzene rings is 1. The van der Waals surface area contributed by atoms with Gasteiger partial charge in [-0.15, -0.1) is 0 Å². The Hall–Kier alpha value is -2.57. The van der Waals surface area contributed by atoms with E-state index >= 15 is 0 Å². The molecule has 1 aromatic carbocycles. The zero-order valence-corrected chi connectivity index (χ0v) is 11.5. The van der Waals surface area contributed by atoms with Gasteiger partial charge in [-0.1, -0.05) is 0 Å². The number of primary amides is 2. The van der Waals surface area contributed by atoms with Crippen LogP contribution in [0.25, 0.3) is 0 Å². The summed E-state index contributed by atoms with van der Waals surface area (Å²) in [5.74, 6) is -1.47. The van der Waals surface area contributed by atoms with Crippen molar-refractivity contribution < 1.29 is 19.1 Å². The van der Waals surface area contributed by atoms with Crippen molar-refractivity contribution in [1.82, 2.24) is 0 Å². The van der Waals surface area contributed by atoms with Crippen LogP contribution < -0.4 is 16.8 Å². The van der Waals surface area contributed by atoms with E-state index in [0.717, 1.165) is 0 Å². The van der Waals surface area contributed by atoms with Gasteiger partial charge in [0.1, 0.15) is 5.60 Å². The zero-order chi connectivity index (χ0) is 15.5. The normalized spacial score (nSPS) is 10.8. The molecule has 0 aliphatic carbocycles. The van der Waals surface area contributed by atoms with Crippen molar-refractivity contribution in [3.05, 3.63) is 29.3 Å². The SMILES string of the molecule is CC(C)(C)OC(=O)Nc1cc(C(N)=O)cc(C(N)=O)c1. The number of hydrogen-bond donors (Lipinski definition) is 3. The summed E-state index contributed by atoms with van der Waals surface area (Å²) in [5.41, 5.74) is 9.95. The fourth-order valence-electron chi connectivity index (χ4n) is 1.41. The molecule has 0 unspecified atom stereocenters. The van der Waals surface area contributed by atoms with E-state index in [2.05, 4.69) is 5.32 Å². The first-order valence-electron chi connectivity index (χ1n) is 5.83. The molecule has 5 N–H and O–H groups in total. The Labute approximate surface area is 116 Å². The number of hydrogen-bond acceptors (Lipinski definition) is 4. The minimum Gasteiger partial charge on any atom is -0.444 e. The first-order chi connectivity index (χ1) is 9.08. The minimum atomic E-state index is -0.736. The van der Waals surface area contributed by atoms with Gasteiger partial charge in [0, 0.05) is 16.8 Å². The predicted octanol–water partition coefficient (Wildman–Crippen LogP) is 1.23. The summed E-state index contributed by atoms with van der Waals surface area (Å²) in [5, 5.41) is 2.41. The average molecular weight is 279 g/mol. The maximum atomic E-state index is 11.6. The van der Waals surface area contributed by atoms with E-state index in [-0.39, 0.29) is 16.8 Å². The summed E-state index contributed by atoms with van der Waals surface area (Å²) in [6.45, 7) is 5.13. The number of carbonyl (C=O) groups is 3. The van der Waals surface area contributed by atoms with Crippen molar-refractivity contribution in [2.45, 2.75) is 26.4 Å². The molecule has 0 aliphatic heterocycles. The molecule has 0 fully saturated rings. The van der Waals surface area contributed by atoms with E-state index in [9.17, 15) is 14.4 Å². The molecule has 7 heteroatoms. The number of rotatable bonds is 3. The summed E-state index contributed by atoms with van der Waals surface area (Å²) in [4.78, 5) is 34.0. The molecule has 0 aromatic heterocycles. The topological polar surface area (TPSA) is 125 Å². The second-order valence-electron chi connectivity index (χ2n) is 5.15. The Balaban J connectivity index is 3.03. The summed E-state index contributed by atoms with van der Waals surface area (Å²) < 4.78 is 5.06. The van der Waals surface area contributed by atoms with Crippen LogP contribution in [-0.4, -0.2) is 23.5 Å². The van der Waals surface area contributed by atoms with Gasteiger partial charge in [-0.3, -0.25) is 14.9 Å². The van der Waals surface area contributed by atoms with Crippen LogP contribution in [0.3, 0.4) is 0 Å². The van der Waals surface area contributed by atoms with Crippen LogP contribution in [0, 0.1) is 0 Å². The fraction of sp³-hybridized carbons (Fsp3) is 0.308. The largest absolute Gasteiger partial charge is 0.444 e. The van der Waals surface area contributed by atoms with E-state index in [1.807, 2.05) is 0 Å². The number of nitrogens with two attached hydrogens (primary N) is 2. The van der Waals surface area contributed by atoms with Gasteiger partial charge in [0.15, 0.2) is 0 Å². The highest BCUT2D eigenvalue weighted by Crippen LogP contribution is 2.16. The van der Waals surface area contributed by atoms with E-state index < -0.39 is 23.5 Å². The average Bonchev–Trinajstić information content (AvgIpc) is 2.25. The predicted molar refractivity (Wildman–Crippen MR) is 73.3 cm³/mol. The third kappa shape index (κ3) is 4.60. The summed E-state index contributed by atoms with van der Waals surface area (Å²) in [6.07, 6.45) is -0.713. The van der Waals surface area contributed by atoms with Gasteiger partial charge in [0.2, 0.25) is 11.8 Å². The molecular weight excluding hydrogens is 262 g/mol. The van der Waals surface area contributed by atoms with Gasteiger partial charge in [-0.2, -0.15) is 0 Å². The Kier molecular flexibility index (Phi) is 4.34. The third-order valence-electron chi connectivity index (χ3n) is 2.15. The lowest BCUT2D eigenvalue weighted by Gasteiger charge is -2.19. The molecule has 20 heavy (non-hydrogen) atoms. The Morgan fingerprint density at radius 2 is 1.45 bits per heavy atom. The first kappa shape index (κ1) is 15.5. The molecule has 7 nitrogen and oxygen atoms in total. The standard InChI is InChI=1S/C13H17N3O4/c1-13(2,3)20-12(19)16-9-5-7(10(14)17)4-8(6-9)11(15)18/h4-6H,1-3H3,(H2,14,17)(H2,15,18)(H,16,19). The third-order valence-corrected chi connectivity index (χ3v) is 2.15. The van der Waals surface area contributed by atoms with Gasteiger partial charge in [0.05, 0.1) is 0 Å². The molecule has 0 spiro atoms. The molecule has 0 bridgehead atoms. The van der Waals surface area contributed by atoms with Crippen LogP contribution in [0.1, 0.15) is 41.5 Å². The number of carbonyl (C=O) groups excluding carboxylic acids is 3. The lowest BCUT2D eigenvalue weighted by atomic mass is 10.1. The van der Waals surface area contributed by atoms with E-state index in [1.54, 1.807) is 20.8 Å². The fourth-order valence-corrected chi connectivity index (χ4v) is 1.41. The number of amides is 3. The van der Waals surface area contributed by atoms with Crippen molar-refractivity contribution in [1.29, 1.82) is 0 Å². The summed E-state index contributed by atoms with van der Waals surface area (Å²) >= 11 is 0. The van der Waals surface area contributed by atoms with Crippen LogP contribution in [0.2, 0.25) is 0 Å². The quantitative estimate of drug-likeness (QED) is 0.769. The summed E-state index contributed by atoms with van der Waals surface area (Å²) in [6, 6.07) is 3.92. The van der Waals surface area contributed by atoms with Crippen molar-refractivity contribution in [2.75, 3.05) is 5.32 Å². The highest BCUT2D eigenvalue weighted by molar-refractivity contribution is 6.01. The lowest BCUT2D eigenvalue weighted by Crippen LogP contribution is -2.27. The monoisotopic (exact) mass is 279 g/mol. The van der Waals surface area contributed by atoms with E-state index in [4.69, 9.17) is 16.2 Å². The Morgan fingerprint density at radius 1 is 1.00 bits per heavy atom. The molecule has 3 amide bonds. The van der Waals surface area contributed by atoms with Crippen LogP contribution in [0.5, 0.6) is 0 Å². The molecule has 0 saturated heterocycles. The molecule has 0 saturated carbocycles. The molecule has 0 radical (unpaired) electrons. The van der Waals surface area contributed by atoms with E-state index in [0.29, 0.717) is 0 Å². The molecule has 0 heterocycles. The molecule has 0 aliphatic rings.